The first-order valence-corrected chi connectivity index (χ1v) is 7.23. The predicted molar refractivity (Wildman–Crippen MR) is 80.8 cm³/mol. The topological polar surface area (TPSA) is 75.6 Å². The lowest BCUT2D eigenvalue weighted by Crippen LogP contribution is -2.40. The quantitative estimate of drug-likeness (QED) is 0.724. The molecular formula is C15H20ClNO4. The van der Waals surface area contributed by atoms with Crippen molar-refractivity contribution >= 4 is 23.5 Å². The number of carboxylic acid groups (broad SMARTS) is 1. The summed E-state index contributed by atoms with van der Waals surface area (Å²) < 4.78 is 5.52. The van der Waals surface area contributed by atoms with Crippen molar-refractivity contribution in [3.05, 3.63) is 28.8 Å². The van der Waals surface area contributed by atoms with Crippen LogP contribution < -0.4 is 10.1 Å². The highest BCUT2D eigenvalue weighted by Crippen LogP contribution is 2.21. The Morgan fingerprint density at radius 3 is 2.71 bits per heavy atom. The van der Waals surface area contributed by atoms with Gasteiger partial charge in [-0.1, -0.05) is 18.5 Å². The van der Waals surface area contributed by atoms with Crippen molar-refractivity contribution in [1.29, 1.82) is 0 Å². The highest BCUT2D eigenvalue weighted by Gasteiger charge is 2.16. The van der Waals surface area contributed by atoms with E-state index in [0.717, 1.165) is 5.56 Å². The zero-order chi connectivity index (χ0) is 15.8. The molecule has 0 fully saturated rings. The van der Waals surface area contributed by atoms with E-state index >= 15 is 0 Å². The molecule has 1 rings (SSSR count). The smallest absolute Gasteiger partial charge is 0.326 e. The number of ether oxygens (including phenoxy) is 1. The summed E-state index contributed by atoms with van der Waals surface area (Å²) in [6.07, 6.45) is 1.11. The third-order valence-corrected chi connectivity index (χ3v) is 3.41. The minimum Gasteiger partial charge on any atom is -0.494 e. The summed E-state index contributed by atoms with van der Waals surface area (Å²) in [5.74, 6) is -0.590. The standard InChI is InChI=1S/C15H20ClNO4/c1-3-13(15(19)20)17-14(18)5-4-8-21-11-6-7-12(16)10(2)9-11/h6-7,9,13H,3-5,8H2,1-2H3,(H,17,18)(H,19,20). The van der Waals surface area contributed by atoms with Gasteiger partial charge in [0.2, 0.25) is 5.91 Å². The van der Waals surface area contributed by atoms with Gasteiger partial charge < -0.3 is 15.2 Å². The Balaban J connectivity index is 2.28. The van der Waals surface area contributed by atoms with Gasteiger partial charge in [0.25, 0.3) is 0 Å². The first-order chi connectivity index (χ1) is 9.93. The zero-order valence-corrected chi connectivity index (χ0v) is 12.9. The highest BCUT2D eigenvalue weighted by atomic mass is 35.5. The molecule has 116 valence electrons. The van der Waals surface area contributed by atoms with Crippen molar-refractivity contribution in [3.63, 3.8) is 0 Å². The van der Waals surface area contributed by atoms with Gasteiger partial charge in [0.15, 0.2) is 0 Å². The fourth-order valence-electron chi connectivity index (χ4n) is 1.73. The second-order valence-corrected chi connectivity index (χ2v) is 5.14. The Morgan fingerprint density at radius 2 is 2.14 bits per heavy atom. The molecule has 1 unspecified atom stereocenters. The van der Waals surface area contributed by atoms with Crippen LogP contribution in [0, 0.1) is 6.92 Å². The summed E-state index contributed by atoms with van der Waals surface area (Å²) in [4.78, 5) is 22.4. The third kappa shape index (κ3) is 6.04. The van der Waals surface area contributed by atoms with Crippen LogP contribution in [0.5, 0.6) is 5.75 Å². The minimum absolute atomic E-state index is 0.232. The largest absolute Gasteiger partial charge is 0.494 e. The minimum atomic E-state index is -1.02. The molecule has 0 saturated carbocycles. The number of carbonyl (C=O) groups is 2. The Labute approximate surface area is 129 Å². The van der Waals surface area contributed by atoms with Crippen molar-refractivity contribution in [3.8, 4) is 5.75 Å². The molecule has 21 heavy (non-hydrogen) atoms. The third-order valence-electron chi connectivity index (χ3n) is 2.99. The van der Waals surface area contributed by atoms with Crippen LogP contribution in [-0.2, 0) is 9.59 Å². The maximum absolute atomic E-state index is 11.6. The van der Waals surface area contributed by atoms with Crippen LogP contribution in [-0.4, -0.2) is 29.6 Å². The number of nitrogens with one attached hydrogen (secondary N) is 1. The van der Waals surface area contributed by atoms with Gasteiger partial charge in [-0.05, 0) is 43.5 Å². The van der Waals surface area contributed by atoms with Crippen LogP contribution in [0.2, 0.25) is 5.02 Å². The fourth-order valence-corrected chi connectivity index (χ4v) is 1.85. The summed E-state index contributed by atoms with van der Waals surface area (Å²) in [7, 11) is 0. The summed E-state index contributed by atoms with van der Waals surface area (Å²) in [6.45, 7) is 3.99. The first-order valence-electron chi connectivity index (χ1n) is 6.85. The van der Waals surface area contributed by atoms with Crippen LogP contribution in [0.3, 0.4) is 0 Å². The molecule has 2 N–H and O–H groups in total. The molecule has 5 nitrogen and oxygen atoms in total. The maximum Gasteiger partial charge on any atom is 0.326 e. The van der Waals surface area contributed by atoms with Crippen LogP contribution >= 0.6 is 11.6 Å². The molecule has 0 radical (unpaired) electrons. The number of aryl methyl sites for hydroxylation is 1. The molecule has 1 aromatic carbocycles. The van der Waals surface area contributed by atoms with E-state index < -0.39 is 12.0 Å². The molecule has 0 aliphatic carbocycles. The van der Waals surface area contributed by atoms with Gasteiger partial charge >= 0.3 is 5.97 Å². The molecular weight excluding hydrogens is 294 g/mol. The SMILES string of the molecule is CCC(NC(=O)CCCOc1ccc(Cl)c(C)c1)C(=O)O. The van der Waals surface area contributed by atoms with E-state index in [4.69, 9.17) is 21.4 Å². The van der Waals surface area contributed by atoms with E-state index in [1.807, 2.05) is 13.0 Å². The first kappa shape index (κ1) is 17.3. The number of hydrogen-bond acceptors (Lipinski definition) is 3. The summed E-state index contributed by atoms with van der Waals surface area (Å²) in [5.41, 5.74) is 0.930. The number of halogens is 1. The van der Waals surface area contributed by atoms with Gasteiger partial charge in [-0.25, -0.2) is 4.79 Å². The molecule has 1 aromatic rings. The lowest BCUT2D eigenvalue weighted by molar-refractivity contribution is -0.141. The van der Waals surface area contributed by atoms with Crippen molar-refractivity contribution in [1.82, 2.24) is 5.32 Å². The van der Waals surface area contributed by atoms with Crippen molar-refractivity contribution in [2.24, 2.45) is 0 Å². The van der Waals surface area contributed by atoms with Gasteiger partial charge in [-0.15, -0.1) is 0 Å². The number of rotatable bonds is 8. The predicted octanol–water partition coefficient (Wildman–Crippen LogP) is 2.79. The lowest BCUT2D eigenvalue weighted by Gasteiger charge is -2.12. The van der Waals surface area contributed by atoms with Crippen molar-refractivity contribution in [2.75, 3.05) is 6.61 Å². The van der Waals surface area contributed by atoms with Crippen LogP contribution in [0.1, 0.15) is 31.7 Å². The number of benzene rings is 1. The molecule has 1 amide bonds. The monoisotopic (exact) mass is 313 g/mol. The van der Waals surface area contributed by atoms with Crippen LogP contribution in [0.25, 0.3) is 0 Å². The molecule has 0 aliphatic rings. The fraction of sp³-hybridized carbons (Fsp3) is 0.467. The molecule has 1 atom stereocenters. The Kier molecular flexibility index (Phi) is 7.02. The van der Waals surface area contributed by atoms with E-state index in [0.29, 0.717) is 30.2 Å². The van der Waals surface area contributed by atoms with Gasteiger partial charge in [-0.2, -0.15) is 0 Å². The lowest BCUT2D eigenvalue weighted by atomic mass is 10.2. The Morgan fingerprint density at radius 1 is 1.43 bits per heavy atom. The summed E-state index contributed by atoms with van der Waals surface area (Å²) in [6, 6.07) is 4.54. The van der Waals surface area contributed by atoms with Crippen LogP contribution in [0.4, 0.5) is 0 Å². The normalized spacial score (nSPS) is 11.8. The second-order valence-electron chi connectivity index (χ2n) is 4.73. The molecule has 6 heteroatoms. The van der Waals surface area contributed by atoms with Gasteiger partial charge in [0, 0.05) is 11.4 Å². The Bertz CT molecular complexity index is 504. The van der Waals surface area contributed by atoms with E-state index in [9.17, 15) is 9.59 Å². The highest BCUT2D eigenvalue weighted by molar-refractivity contribution is 6.31. The van der Waals surface area contributed by atoms with Gasteiger partial charge in [0.05, 0.1) is 6.61 Å². The summed E-state index contributed by atoms with van der Waals surface area (Å²) >= 11 is 5.91. The molecule has 0 saturated heterocycles. The van der Waals surface area contributed by atoms with Crippen molar-refractivity contribution < 1.29 is 19.4 Å². The molecule has 0 spiro atoms. The van der Waals surface area contributed by atoms with Crippen molar-refractivity contribution in [2.45, 2.75) is 39.2 Å². The number of aliphatic carboxylic acids is 1. The molecule has 0 bridgehead atoms. The zero-order valence-electron chi connectivity index (χ0n) is 12.2. The van der Waals surface area contributed by atoms with E-state index in [1.165, 1.54) is 0 Å². The number of carboxylic acids is 1. The summed E-state index contributed by atoms with van der Waals surface area (Å²) in [5, 5.41) is 12.0. The van der Waals surface area contributed by atoms with Gasteiger partial charge in [0.1, 0.15) is 11.8 Å². The van der Waals surface area contributed by atoms with E-state index in [-0.39, 0.29) is 12.3 Å². The molecule has 0 aromatic heterocycles. The molecule has 0 aliphatic heterocycles. The van der Waals surface area contributed by atoms with E-state index in [1.54, 1.807) is 19.1 Å². The number of hydrogen-bond donors (Lipinski definition) is 2. The van der Waals surface area contributed by atoms with Crippen LogP contribution in [0.15, 0.2) is 18.2 Å². The maximum atomic E-state index is 11.6. The number of carbonyl (C=O) groups excluding carboxylic acids is 1. The van der Waals surface area contributed by atoms with E-state index in [2.05, 4.69) is 5.32 Å². The molecule has 0 heterocycles. The van der Waals surface area contributed by atoms with Gasteiger partial charge in [-0.3, -0.25) is 4.79 Å². The Hall–Kier alpha value is -1.75. The average Bonchev–Trinajstić information content (AvgIpc) is 2.44. The number of amides is 1. The average molecular weight is 314 g/mol. The second kappa shape index (κ2) is 8.52.